The summed E-state index contributed by atoms with van der Waals surface area (Å²) in [7, 11) is 8.58. The minimum Gasteiger partial charge on any atom is -0.468 e. The first-order valence-electron chi connectivity index (χ1n) is 6.88. The summed E-state index contributed by atoms with van der Waals surface area (Å²) in [5.74, 6) is 0.249. The van der Waals surface area contributed by atoms with Crippen molar-refractivity contribution in [1.29, 1.82) is 0 Å². The van der Waals surface area contributed by atoms with E-state index in [1.54, 1.807) is 18.2 Å². The van der Waals surface area contributed by atoms with Crippen molar-refractivity contribution in [2.24, 2.45) is 0 Å². The number of hydrogen-bond donors (Lipinski definition) is 1. The van der Waals surface area contributed by atoms with Gasteiger partial charge < -0.3 is 14.3 Å². The van der Waals surface area contributed by atoms with Crippen LogP contribution in [0.4, 0.5) is 4.39 Å². The van der Waals surface area contributed by atoms with Gasteiger partial charge in [0, 0.05) is 14.8 Å². The average Bonchev–Trinajstić information content (AvgIpc) is 2.52. The Kier molecular flexibility index (Phi) is 5.88. The molecule has 0 heterocycles. The Balaban J connectivity index is 2.65. The van der Waals surface area contributed by atoms with E-state index in [0.717, 1.165) is 12.8 Å². The molecule has 0 saturated carbocycles. The minimum absolute atomic E-state index is 0.0855. The van der Waals surface area contributed by atoms with Crippen molar-refractivity contribution in [3.05, 3.63) is 35.6 Å². The molecule has 111 valence electrons. The Morgan fingerprint density at radius 2 is 2.14 bits per heavy atom. The molecule has 0 aromatic heterocycles. The van der Waals surface area contributed by atoms with Gasteiger partial charge in [0.15, 0.2) is 6.79 Å². The minimum atomic E-state index is -0.731. The molecule has 0 atom stereocenters. The molecule has 0 fully saturated rings. The summed E-state index contributed by atoms with van der Waals surface area (Å²) in [5, 5.41) is 10.1. The highest BCUT2D eigenvalue weighted by Crippen LogP contribution is 2.25. The molecule has 0 aliphatic heterocycles. The van der Waals surface area contributed by atoms with Crippen molar-refractivity contribution < 1.29 is 23.9 Å². The van der Waals surface area contributed by atoms with Crippen LogP contribution in [0.3, 0.4) is 0 Å². The molecular formula is C14H15B3FO4. The Labute approximate surface area is 131 Å². The second-order valence-corrected chi connectivity index (χ2v) is 4.81. The van der Waals surface area contributed by atoms with Gasteiger partial charge in [0.05, 0.1) is 0 Å². The molecule has 0 bridgehead atoms. The van der Waals surface area contributed by atoms with Crippen molar-refractivity contribution in [3.8, 4) is 5.75 Å². The molecule has 1 N–H and O–H groups in total. The number of halogens is 1. The van der Waals surface area contributed by atoms with E-state index in [4.69, 9.17) is 22.5 Å². The lowest BCUT2D eigenvalue weighted by Gasteiger charge is -2.17. The molecule has 3 radical (unpaired) electrons. The fraction of sp³-hybridized carbons (Fsp3) is 0.286. The summed E-state index contributed by atoms with van der Waals surface area (Å²) in [6.07, 6.45) is 0.515. The third-order valence-corrected chi connectivity index (χ3v) is 3.44. The zero-order chi connectivity index (χ0) is 16.1. The first-order chi connectivity index (χ1) is 10.6. The molecule has 0 amide bonds. The highest BCUT2D eigenvalue weighted by Gasteiger charge is 2.20. The maximum absolute atomic E-state index is 14.1. The Morgan fingerprint density at radius 3 is 2.77 bits per heavy atom. The summed E-state index contributed by atoms with van der Waals surface area (Å²) in [6.45, 7) is 1.22. The molecule has 0 spiro atoms. The van der Waals surface area contributed by atoms with Crippen LogP contribution in [-0.2, 0) is 16.0 Å². The number of benzene rings is 2. The molecule has 2 aromatic carbocycles. The monoisotopic (exact) mass is 299 g/mol. The second kappa shape index (κ2) is 7.67. The van der Waals surface area contributed by atoms with E-state index >= 15 is 0 Å². The summed E-state index contributed by atoms with van der Waals surface area (Å²) in [4.78, 5) is 4.02. The van der Waals surface area contributed by atoms with Crippen LogP contribution in [0.2, 0.25) is 0 Å². The molecule has 0 aliphatic rings. The van der Waals surface area contributed by atoms with Crippen molar-refractivity contribution in [1.82, 2.24) is 0 Å². The first kappa shape index (κ1) is 16.9. The largest absolute Gasteiger partial charge is 0.468 e. The van der Waals surface area contributed by atoms with Crippen molar-refractivity contribution >= 4 is 37.8 Å². The van der Waals surface area contributed by atoms with Gasteiger partial charge >= 0.3 is 0 Å². The van der Waals surface area contributed by atoms with Crippen molar-refractivity contribution in [3.63, 3.8) is 0 Å². The van der Waals surface area contributed by atoms with E-state index < -0.39 is 6.49 Å². The highest BCUT2D eigenvalue weighted by molar-refractivity contribution is 7.39. The van der Waals surface area contributed by atoms with Gasteiger partial charge in [-0.05, 0) is 41.0 Å². The fourth-order valence-electron chi connectivity index (χ4n) is 2.48. The van der Waals surface area contributed by atoms with Crippen LogP contribution in [0.1, 0.15) is 12.5 Å². The van der Waals surface area contributed by atoms with Crippen molar-refractivity contribution in [2.75, 3.05) is 13.9 Å². The number of rotatable bonds is 7. The third kappa shape index (κ3) is 3.46. The second-order valence-electron chi connectivity index (χ2n) is 4.81. The summed E-state index contributed by atoms with van der Waals surface area (Å²) >= 11 is 0. The van der Waals surface area contributed by atoms with Gasteiger partial charge in [-0.25, -0.2) is 4.39 Å². The lowest BCUT2D eigenvalue weighted by molar-refractivity contribution is -0.134. The molecule has 22 heavy (non-hydrogen) atoms. The van der Waals surface area contributed by atoms with E-state index in [9.17, 15) is 4.39 Å². The summed E-state index contributed by atoms with van der Waals surface area (Å²) < 4.78 is 24.4. The normalized spacial score (nSPS) is 10.7. The molecule has 4 nitrogen and oxygen atoms in total. The third-order valence-electron chi connectivity index (χ3n) is 3.44. The smallest absolute Gasteiger partial charge is 0.296 e. The molecule has 8 heteroatoms. The summed E-state index contributed by atoms with van der Waals surface area (Å²) in [6, 6.07) is 6.57. The van der Waals surface area contributed by atoms with Crippen LogP contribution in [0.15, 0.2) is 24.3 Å². The molecule has 0 saturated heterocycles. The zero-order valence-electron chi connectivity index (χ0n) is 12.5. The molecule has 0 aliphatic carbocycles. The van der Waals surface area contributed by atoms with Gasteiger partial charge in [-0.2, -0.15) is 0 Å². The molecule has 0 unspecified atom stereocenters. The van der Waals surface area contributed by atoms with Gasteiger partial charge in [-0.1, -0.05) is 18.5 Å². The van der Waals surface area contributed by atoms with Gasteiger partial charge in [-0.3, -0.25) is 5.26 Å². The van der Waals surface area contributed by atoms with Crippen LogP contribution in [0, 0.1) is 5.82 Å². The van der Waals surface area contributed by atoms with Crippen LogP contribution < -0.4 is 10.2 Å². The number of aryl methyl sites for hydroxylation is 1. The topological polar surface area (TPSA) is 47.9 Å². The van der Waals surface area contributed by atoms with Gasteiger partial charge in [0.1, 0.15) is 18.1 Å². The van der Waals surface area contributed by atoms with E-state index in [0.29, 0.717) is 28.6 Å². The average molecular weight is 299 g/mol. The zero-order valence-corrected chi connectivity index (χ0v) is 12.5. The van der Waals surface area contributed by atoms with E-state index in [1.807, 2.05) is 6.92 Å². The van der Waals surface area contributed by atoms with Crippen LogP contribution in [-0.4, -0.2) is 40.8 Å². The fourth-order valence-corrected chi connectivity index (χ4v) is 2.48. The molecule has 2 rings (SSSR count). The number of fused-ring (bicyclic) bond motifs is 1. The quantitative estimate of drug-likeness (QED) is 0.364. The predicted molar refractivity (Wildman–Crippen MR) is 86.4 cm³/mol. The van der Waals surface area contributed by atoms with Gasteiger partial charge in [0.2, 0.25) is 0 Å². The lowest BCUT2D eigenvalue weighted by atomic mass is 9.13. The van der Waals surface area contributed by atoms with Gasteiger partial charge in [-0.15, -0.1) is 0 Å². The van der Waals surface area contributed by atoms with Crippen LogP contribution in [0.5, 0.6) is 5.75 Å². The van der Waals surface area contributed by atoms with Crippen molar-refractivity contribution in [2.45, 2.75) is 13.3 Å². The molecular weight excluding hydrogens is 284 g/mol. The first-order valence-corrected chi connectivity index (χ1v) is 6.88. The maximum atomic E-state index is 14.1. The standard InChI is InChI=1S/C14H15B3FO4/c1-3-11-13(18)5-4-9-6-10(21-8-20-2)7-12(14(9)11)17(15)16-22-19/h4-7,19H,3,8H2,1-2H3. The number of ether oxygens (including phenoxy) is 2. The Morgan fingerprint density at radius 1 is 1.36 bits per heavy atom. The van der Waals surface area contributed by atoms with Gasteiger partial charge in [0.25, 0.3) is 7.37 Å². The number of methoxy groups -OCH3 is 1. The van der Waals surface area contributed by atoms with Crippen LogP contribution in [0.25, 0.3) is 10.8 Å². The Hall–Kier alpha value is -1.50. The van der Waals surface area contributed by atoms with E-state index in [1.165, 1.54) is 13.2 Å². The van der Waals surface area contributed by atoms with Crippen LogP contribution >= 0.6 is 0 Å². The Bertz CT molecular complexity index is 654. The summed E-state index contributed by atoms with van der Waals surface area (Å²) in [5.41, 5.74) is 1.17. The lowest BCUT2D eigenvalue weighted by Crippen LogP contribution is -2.39. The molecule has 2 aromatic rings. The highest BCUT2D eigenvalue weighted by atomic mass is 19.1. The predicted octanol–water partition coefficient (Wildman–Crippen LogP) is 1.50. The SMILES string of the molecule is [B]B([B]OO)c1cc(OCOC)cc2ccc(F)c(CC)c12. The maximum Gasteiger partial charge on any atom is 0.296 e. The van der Waals surface area contributed by atoms with E-state index in [-0.39, 0.29) is 12.6 Å². The number of hydrogen-bond acceptors (Lipinski definition) is 4. The van der Waals surface area contributed by atoms with E-state index in [2.05, 4.69) is 4.81 Å².